The lowest BCUT2D eigenvalue weighted by molar-refractivity contribution is 0.252. The van der Waals surface area contributed by atoms with E-state index in [-0.39, 0.29) is 5.03 Å². The summed E-state index contributed by atoms with van der Waals surface area (Å²) < 4.78 is 26.7. The van der Waals surface area contributed by atoms with Crippen LogP contribution in [0.3, 0.4) is 0 Å². The van der Waals surface area contributed by atoms with Gasteiger partial charge >= 0.3 is 0 Å². The van der Waals surface area contributed by atoms with Crippen molar-refractivity contribution in [3.8, 4) is 0 Å². The molecule has 88 valence electrons. The van der Waals surface area contributed by atoms with Crippen LogP contribution in [0.15, 0.2) is 21.8 Å². The van der Waals surface area contributed by atoms with Crippen LogP contribution >= 0.6 is 15.9 Å². The third-order valence-corrected chi connectivity index (χ3v) is 5.04. The Hall–Kier alpha value is -0.460. The average Bonchev–Trinajstić information content (AvgIpc) is 2.36. The van der Waals surface area contributed by atoms with Gasteiger partial charge in [-0.05, 0) is 42.8 Å². The highest BCUT2D eigenvalue weighted by molar-refractivity contribution is 9.10. The first-order valence-corrected chi connectivity index (χ1v) is 7.13. The molecule has 1 aliphatic heterocycles. The fraction of sp³-hybridized carbons (Fsp3) is 0.500. The highest BCUT2D eigenvalue weighted by Crippen LogP contribution is 2.35. The lowest BCUT2D eigenvalue weighted by Gasteiger charge is -2.29. The molecular formula is C10H13BrN2O2S. The Labute approximate surface area is 104 Å². The molecule has 0 fully saturated rings. The fourth-order valence-corrected chi connectivity index (χ4v) is 4.01. The average molecular weight is 305 g/mol. The number of rotatable bonds is 0. The van der Waals surface area contributed by atoms with Gasteiger partial charge in [-0.25, -0.2) is 13.4 Å². The van der Waals surface area contributed by atoms with Gasteiger partial charge in [-0.1, -0.05) is 0 Å². The van der Waals surface area contributed by atoms with Gasteiger partial charge in [0.05, 0.1) is 0 Å². The Morgan fingerprint density at radius 2 is 2.06 bits per heavy atom. The number of fused-ring (bicyclic) bond motifs is 1. The van der Waals surface area contributed by atoms with Crippen molar-refractivity contribution in [2.75, 3.05) is 0 Å². The summed E-state index contributed by atoms with van der Waals surface area (Å²) >= 11 is 3.30. The van der Waals surface area contributed by atoms with E-state index in [4.69, 9.17) is 0 Å². The maximum atomic E-state index is 12.2. The summed E-state index contributed by atoms with van der Waals surface area (Å²) in [5, 5.41) is 0.186. The molecule has 0 spiro atoms. The number of sulfonamides is 1. The predicted octanol–water partition coefficient (Wildman–Crippen LogP) is 2.15. The summed E-state index contributed by atoms with van der Waals surface area (Å²) in [4.78, 5) is 4.00. The molecule has 0 radical (unpaired) electrons. The van der Waals surface area contributed by atoms with Gasteiger partial charge in [0.25, 0.3) is 10.0 Å². The molecule has 0 atom stereocenters. The van der Waals surface area contributed by atoms with E-state index in [2.05, 4.69) is 20.9 Å². The molecule has 1 aliphatic rings. The van der Waals surface area contributed by atoms with Gasteiger partial charge in [-0.2, -0.15) is 4.31 Å². The van der Waals surface area contributed by atoms with Crippen LogP contribution in [-0.2, 0) is 16.6 Å². The smallest absolute Gasteiger partial charge is 0.242 e. The summed E-state index contributed by atoms with van der Waals surface area (Å²) in [5.74, 6) is 0. The topological polar surface area (TPSA) is 50.3 Å². The van der Waals surface area contributed by atoms with Crippen molar-refractivity contribution in [2.24, 2.45) is 0 Å². The molecule has 0 aromatic carbocycles. The number of hydrogen-bond donors (Lipinski definition) is 0. The van der Waals surface area contributed by atoms with E-state index in [1.54, 1.807) is 0 Å². The van der Waals surface area contributed by atoms with Crippen molar-refractivity contribution in [1.29, 1.82) is 0 Å². The van der Waals surface area contributed by atoms with Crippen LogP contribution in [0.1, 0.15) is 26.3 Å². The molecular weight excluding hydrogens is 292 g/mol. The van der Waals surface area contributed by atoms with Gasteiger partial charge in [0.15, 0.2) is 5.03 Å². The van der Waals surface area contributed by atoms with Crippen LogP contribution in [0.25, 0.3) is 0 Å². The van der Waals surface area contributed by atoms with E-state index in [0.29, 0.717) is 6.54 Å². The predicted molar refractivity (Wildman–Crippen MR) is 64.4 cm³/mol. The summed E-state index contributed by atoms with van der Waals surface area (Å²) in [6.45, 7) is 6.04. The molecule has 0 unspecified atom stereocenters. The van der Waals surface area contributed by atoms with Gasteiger partial charge < -0.3 is 0 Å². The summed E-state index contributed by atoms with van der Waals surface area (Å²) in [7, 11) is -3.42. The van der Waals surface area contributed by atoms with Gasteiger partial charge in [0.2, 0.25) is 0 Å². The van der Waals surface area contributed by atoms with Crippen molar-refractivity contribution < 1.29 is 8.42 Å². The van der Waals surface area contributed by atoms with E-state index in [9.17, 15) is 8.42 Å². The van der Waals surface area contributed by atoms with Gasteiger partial charge in [0.1, 0.15) is 0 Å². The van der Waals surface area contributed by atoms with Crippen molar-refractivity contribution in [3.05, 3.63) is 22.3 Å². The molecule has 0 saturated heterocycles. The zero-order valence-corrected chi connectivity index (χ0v) is 11.8. The minimum Gasteiger partial charge on any atom is -0.242 e. The highest BCUT2D eigenvalue weighted by Gasteiger charge is 2.42. The Morgan fingerprint density at radius 3 is 2.62 bits per heavy atom. The molecule has 0 amide bonds. The molecule has 1 aromatic heterocycles. The first kappa shape index (κ1) is 12.0. The normalized spacial score (nSPS) is 19.8. The van der Waals surface area contributed by atoms with Gasteiger partial charge in [-0.15, -0.1) is 0 Å². The van der Waals surface area contributed by atoms with Gasteiger partial charge in [-0.3, -0.25) is 0 Å². The number of aromatic nitrogens is 1. The fourth-order valence-electron chi connectivity index (χ4n) is 1.76. The summed E-state index contributed by atoms with van der Waals surface area (Å²) in [6.07, 6.45) is 1.52. The number of pyridine rings is 1. The summed E-state index contributed by atoms with van der Waals surface area (Å²) in [6, 6.07) is 1.81. The number of nitrogens with zero attached hydrogens (tertiary/aromatic N) is 2. The molecule has 0 saturated carbocycles. The third-order valence-electron chi connectivity index (χ3n) is 2.49. The Bertz CT molecular complexity index is 534. The molecule has 0 N–H and O–H groups in total. The lowest BCUT2D eigenvalue weighted by atomic mass is 10.1. The molecule has 0 aliphatic carbocycles. The van der Waals surface area contributed by atoms with E-state index in [1.165, 1.54) is 10.5 Å². The lowest BCUT2D eigenvalue weighted by Crippen LogP contribution is -2.41. The Kier molecular flexibility index (Phi) is 2.64. The third kappa shape index (κ3) is 1.78. The van der Waals surface area contributed by atoms with E-state index in [1.807, 2.05) is 26.8 Å². The van der Waals surface area contributed by atoms with Crippen LogP contribution < -0.4 is 0 Å². The number of hydrogen-bond acceptors (Lipinski definition) is 3. The van der Waals surface area contributed by atoms with Crippen LogP contribution in [-0.4, -0.2) is 23.2 Å². The molecule has 16 heavy (non-hydrogen) atoms. The molecule has 6 heteroatoms. The largest absolute Gasteiger partial charge is 0.261 e. The Morgan fingerprint density at radius 1 is 1.44 bits per heavy atom. The first-order valence-electron chi connectivity index (χ1n) is 4.90. The zero-order valence-electron chi connectivity index (χ0n) is 9.36. The molecule has 0 bridgehead atoms. The van der Waals surface area contributed by atoms with Crippen molar-refractivity contribution in [1.82, 2.24) is 9.29 Å². The highest BCUT2D eigenvalue weighted by atomic mass is 79.9. The van der Waals surface area contributed by atoms with Crippen molar-refractivity contribution in [3.63, 3.8) is 0 Å². The second kappa shape index (κ2) is 3.51. The van der Waals surface area contributed by atoms with E-state index >= 15 is 0 Å². The monoisotopic (exact) mass is 304 g/mol. The maximum absolute atomic E-state index is 12.2. The van der Waals surface area contributed by atoms with Crippen LogP contribution in [0, 0.1) is 0 Å². The first-order chi connectivity index (χ1) is 7.23. The minimum atomic E-state index is -3.42. The molecule has 2 rings (SSSR count). The molecule has 1 aromatic rings. The van der Waals surface area contributed by atoms with Gasteiger partial charge in [0, 0.05) is 28.3 Å². The number of halogens is 1. The van der Waals surface area contributed by atoms with Crippen LogP contribution in [0.2, 0.25) is 0 Å². The van der Waals surface area contributed by atoms with E-state index < -0.39 is 15.6 Å². The SMILES string of the molecule is CC(C)(C)N1Cc2cc(Br)cnc2S1(=O)=O. The van der Waals surface area contributed by atoms with E-state index in [0.717, 1.165) is 10.0 Å². The standard InChI is InChI=1S/C10H13BrN2O2S/c1-10(2,3)13-6-7-4-8(11)5-12-9(7)16(13,14)15/h4-5H,6H2,1-3H3. The molecule has 2 heterocycles. The molecule has 4 nitrogen and oxygen atoms in total. The zero-order chi connectivity index (χ0) is 12.1. The van der Waals surface area contributed by atoms with Crippen molar-refractivity contribution in [2.45, 2.75) is 37.9 Å². The Balaban J connectivity index is 2.59. The summed E-state index contributed by atoms with van der Waals surface area (Å²) in [5.41, 5.74) is 0.329. The maximum Gasteiger partial charge on any atom is 0.261 e. The second-order valence-electron chi connectivity index (χ2n) is 4.80. The second-order valence-corrected chi connectivity index (χ2v) is 7.49. The van der Waals surface area contributed by atoms with Crippen molar-refractivity contribution >= 4 is 26.0 Å². The van der Waals surface area contributed by atoms with Crippen LogP contribution in [0.4, 0.5) is 0 Å². The minimum absolute atomic E-state index is 0.186. The van der Waals surface area contributed by atoms with Crippen LogP contribution in [0.5, 0.6) is 0 Å². The quantitative estimate of drug-likeness (QED) is 0.738.